The highest BCUT2D eigenvalue weighted by molar-refractivity contribution is 5.99. The number of carbonyl (C=O) groups is 1. The van der Waals surface area contributed by atoms with Crippen molar-refractivity contribution in [1.29, 1.82) is 0 Å². The fourth-order valence-corrected chi connectivity index (χ4v) is 3.72. The van der Waals surface area contributed by atoms with Gasteiger partial charge in [0.25, 0.3) is 5.91 Å². The van der Waals surface area contributed by atoms with Crippen LogP contribution < -0.4 is 16.0 Å². The summed E-state index contributed by atoms with van der Waals surface area (Å²) in [6.07, 6.45) is 4.67. The number of rotatable bonds is 5. The Bertz CT molecular complexity index is 1090. The van der Waals surface area contributed by atoms with Crippen LogP contribution in [0.5, 0.6) is 0 Å². The second-order valence-corrected chi connectivity index (χ2v) is 8.30. The first-order valence-corrected chi connectivity index (χ1v) is 9.86. The number of nitrogens with one attached hydrogen (secondary N) is 1. The maximum Gasteiger partial charge on any atom is 0.256 e. The van der Waals surface area contributed by atoms with Gasteiger partial charge in [-0.3, -0.25) is 4.79 Å². The van der Waals surface area contributed by atoms with E-state index in [9.17, 15) is 13.6 Å². The Morgan fingerprint density at radius 2 is 2.13 bits per heavy atom. The molecule has 9 heteroatoms. The van der Waals surface area contributed by atoms with Gasteiger partial charge in [-0.25, -0.2) is 18.3 Å². The van der Waals surface area contributed by atoms with Crippen molar-refractivity contribution in [3.05, 3.63) is 59.4 Å². The third-order valence-corrected chi connectivity index (χ3v) is 5.17. The molecule has 3 N–H and O–H groups in total. The molecule has 1 aliphatic rings. The largest absolute Gasteiger partial charge is 0.350 e. The molecule has 158 valence electrons. The van der Waals surface area contributed by atoms with Crippen molar-refractivity contribution < 1.29 is 13.6 Å². The predicted molar refractivity (Wildman–Crippen MR) is 109 cm³/mol. The minimum atomic E-state index is -0.547. The van der Waals surface area contributed by atoms with Crippen LogP contribution in [0, 0.1) is 11.6 Å². The van der Waals surface area contributed by atoms with E-state index in [0.717, 1.165) is 18.6 Å². The molecule has 7 nitrogen and oxygen atoms in total. The van der Waals surface area contributed by atoms with Gasteiger partial charge in [0.15, 0.2) is 5.65 Å². The zero-order valence-corrected chi connectivity index (χ0v) is 16.9. The lowest BCUT2D eigenvalue weighted by atomic mass is 10.0. The SMILES string of the molecule is CC(C)(N)CNC(=O)c1cnn2ccc(N3CCCC3c3cc(F)ccc3F)nc12. The molecule has 1 fully saturated rings. The van der Waals surface area contributed by atoms with Crippen molar-refractivity contribution in [2.75, 3.05) is 18.0 Å². The first kappa shape index (κ1) is 20.2. The van der Waals surface area contributed by atoms with E-state index in [1.807, 2.05) is 18.7 Å². The summed E-state index contributed by atoms with van der Waals surface area (Å²) in [6, 6.07) is 4.94. The summed E-state index contributed by atoms with van der Waals surface area (Å²) in [5, 5.41) is 6.98. The topological polar surface area (TPSA) is 88.5 Å². The molecule has 1 aromatic carbocycles. The van der Waals surface area contributed by atoms with E-state index in [-0.39, 0.29) is 11.9 Å². The van der Waals surface area contributed by atoms with Crippen molar-refractivity contribution in [2.24, 2.45) is 5.73 Å². The number of amides is 1. The quantitative estimate of drug-likeness (QED) is 0.670. The van der Waals surface area contributed by atoms with Gasteiger partial charge < -0.3 is 16.0 Å². The Labute approximate surface area is 172 Å². The lowest BCUT2D eigenvalue weighted by Crippen LogP contribution is -2.45. The lowest BCUT2D eigenvalue weighted by molar-refractivity contribution is 0.0947. The summed E-state index contributed by atoms with van der Waals surface area (Å²) in [6.45, 7) is 4.59. The number of nitrogens with zero attached hydrogens (tertiary/aromatic N) is 4. The van der Waals surface area contributed by atoms with Gasteiger partial charge >= 0.3 is 0 Å². The molecule has 4 rings (SSSR count). The van der Waals surface area contributed by atoms with Crippen LogP contribution in [0.2, 0.25) is 0 Å². The van der Waals surface area contributed by atoms with Crippen LogP contribution in [0.3, 0.4) is 0 Å². The molecule has 1 atom stereocenters. The van der Waals surface area contributed by atoms with Crippen LogP contribution >= 0.6 is 0 Å². The minimum absolute atomic E-state index is 0.301. The summed E-state index contributed by atoms with van der Waals surface area (Å²) < 4.78 is 29.6. The van der Waals surface area contributed by atoms with Crippen molar-refractivity contribution >= 4 is 17.4 Å². The van der Waals surface area contributed by atoms with Gasteiger partial charge in [0.1, 0.15) is 23.0 Å². The number of carbonyl (C=O) groups excluding carboxylic acids is 1. The molecule has 30 heavy (non-hydrogen) atoms. The molecule has 0 spiro atoms. The van der Waals surface area contributed by atoms with E-state index in [1.54, 1.807) is 12.3 Å². The van der Waals surface area contributed by atoms with Crippen molar-refractivity contribution in [1.82, 2.24) is 19.9 Å². The Morgan fingerprint density at radius 1 is 1.33 bits per heavy atom. The van der Waals surface area contributed by atoms with Crippen molar-refractivity contribution in [3.8, 4) is 0 Å². The molecule has 0 radical (unpaired) electrons. The molecule has 3 aromatic rings. The second-order valence-electron chi connectivity index (χ2n) is 8.30. The third-order valence-electron chi connectivity index (χ3n) is 5.17. The Balaban J connectivity index is 1.66. The minimum Gasteiger partial charge on any atom is -0.350 e. The summed E-state index contributed by atoms with van der Waals surface area (Å²) >= 11 is 0. The highest BCUT2D eigenvalue weighted by atomic mass is 19.1. The molecule has 2 aromatic heterocycles. The smallest absolute Gasteiger partial charge is 0.256 e. The van der Waals surface area contributed by atoms with E-state index >= 15 is 0 Å². The van der Waals surface area contributed by atoms with Gasteiger partial charge in [0.2, 0.25) is 0 Å². The normalized spacial score (nSPS) is 17.0. The van der Waals surface area contributed by atoms with Gasteiger partial charge in [0, 0.05) is 30.4 Å². The van der Waals surface area contributed by atoms with Gasteiger partial charge in [-0.1, -0.05) is 0 Å². The van der Waals surface area contributed by atoms with E-state index in [0.29, 0.717) is 42.1 Å². The van der Waals surface area contributed by atoms with Gasteiger partial charge in [-0.2, -0.15) is 5.10 Å². The number of hydrogen-bond donors (Lipinski definition) is 2. The number of aromatic nitrogens is 3. The summed E-state index contributed by atoms with van der Waals surface area (Å²) in [5.74, 6) is -0.646. The molecular weight excluding hydrogens is 390 g/mol. The first-order chi connectivity index (χ1) is 14.2. The lowest BCUT2D eigenvalue weighted by Gasteiger charge is -2.26. The van der Waals surface area contributed by atoms with Crippen LogP contribution in [0.1, 0.15) is 48.7 Å². The Kier molecular flexibility index (Phi) is 5.15. The maximum atomic E-state index is 14.4. The summed E-state index contributed by atoms with van der Waals surface area (Å²) in [5.41, 5.74) is 6.42. The van der Waals surface area contributed by atoms with Crippen molar-refractivity contribution in [3.63, 3.8) is 0 Å². The molecule has 1 saturated heterocycles. The number of hydrogen-bond acceptors (Lipinski definition) is 5. The molecule has 3 heterocycles. The highest BCUT2D eigenvalue weighted by Gasteiger charge is 2.30. The molecule has 1 unspecified atom stereocenters. The van der Waals surface area contributed by atoms with E-state index < -0.39 is 17.2 Å². The number of anilines is 1. The van der Waals surface area contributed by atoms with Crippen LogP contribution in [-0.2, 0) is 0 Å². The summed E-state index contributed by atoms with van der Waals surface area (Å²) in [4.78, 5) is 19.2. The molecule has 0 bridgehead atoms. The number of nitrogens with two attached hydrogens (primary N) is 1. The Morgan fingerprint density at radius 3 is 2.90 bits per heavy atom. The zero-order valence-electron chi connectivity index (χ0n) is 16.9. The Hall–Kier alpha value is -3.07. The second kappa shape index (κ2) is 7.64. The van der Waals surface area contributed by atoms with Gasteiger partial charge in [-0.05, 0) is 51.0 Å². The predicted octanol–water partition coefficient (Wildman–Crippen LogP) is 2.82. The molecular formula is C21H24F2N6O. The number of halogens is 2. The maximum absolute atomic E-state index is 14.4. The monoisotopic (exact) mass is 414 g/mol. The average molecular weight is 414 g/mol. The van der Waals surface area contributed by atoms with E-state index in [4.69, 9.17) is 5.73 Å². The third kappa shape index (κ3) is 3.97. The first-order valence-electron chi connectivity index (χ1n) is 9.86. The van der Waals surface area contributed by atoms with Gasteiger partial charge in [-0.15, -0.1) is 0 Å². The van der Waals surface area contributed by atoms with E-state index in [1.165, 1.54) is 16.8 Å². The standard InChI is InChI=1S/C21H24F2N6O/c1-21(2,24)12-25-20(30)15-11-26-29-9-7-18(27-19(15)29)28-8-3-4-17(28)14-10-13(22)5-6-16(14)23/h5-7,9-11,17H,3-4,8,12,24H2,1-2H3,(H,25,30). The molecule has 0 aliphatic carbocycles. The van der Waals surface area contributed by atoms with Crippen molar-refractivity contribution in [2.45, 2.75) is 38.3 Å². The number of fused-ring (bicyclic) bond motifs is 1. The fourth-order valence-electron chi connectivity index (χ4n) is 3.72. The molecule has 0 saturated carbocycles. The zero-order chi connectivity index (χ0) is 21.5. The number of benzene rings is 1. The van der Waals surface area contributed by atoms with Crippen LogP contribution in [0.25, 0.3) is 5.65 Å². The fraction of sp³-hybridized carbons (Fsp3) is 0.381. The van der Waals surface area contributed by atoms with E-state index in [2.05, 4.69) is 15.4 Å². The average Bonchev–Trinajstić information content (AvgIpc) is 3.34. The van der Waals surface area contributed by atoms with Crippen LogP contribution in [0.4, 0.5) is 14.6 Å². The van der Waals surface area contributed by atoms with Crippen LogP contribution in [-0.4, -0.2) is 39.1 Å². The summed E-state index contributed by atoms with van der Waals surface area (Å²) in [7, 11) is 0. The highest BCUT2D eigenvalue weighted by Crippen LogP contribution is 2.36. The molecule has 1 amide bonds. The van der Waals surface area contributed by atoms with Gasteiger partial charge in [0.05, 0.1) is 12.2 Å². The van der Waals surface area contributed by atoms with Crippen LogP contribution in [0.15, 0.2) is 36.7 Å². The molecule has 1 aliphatic heterocycles.